The molecule has 28 heavy (non-hydrogen) atoms. The molecule has 1 aromatic heterocycles. The van der Waals surface area contributed by atoms with Crippen molar-refractivity contribution in [3.05, 3.63) is 83.8 Å². The van der Waals surface area contributed by atoms with Gasteiger partial charge in [0.15, 0.2) is 5.76 Å². The number of benzene rings is 2. The van der Waals surface area contributed by atoms with Gasteiger partial charge in [0.2, 0.25) is 0 Å². The first-order chi connectivity index (χ1) is 13.7. The van der Waals surface area contributed by atoms with Crippen molar-refractivity contribution in [2.45, 2.75) is 25.9 Å². The summed E-state index contributed by atoms with van der Waals surface area (Å²) >= 11 is 0. The first-order valence-electron chi connectivity index (χ1n) is 9.90. The van der Waals surface area contributed by atoms with E-state index in [1.54, 1.807) is 11.0 Å². The molecule has 1 saturated heterocycles. The summed E-state index contributed by atoms with van der Waals surface area (Å²) in [5, 5.41) is 0. The summed E-state index contributed by atoms with van der Waals surface area (Å²) in [5.74, 6) is 1.20. The van der Waals surface area contributed by atoms with Crippen LogP contribution in [-0.4, -0.2) is 35.8 Å². The van der Waals surface area contributed by atoms with Crippen LogP contribution in [-0.2, 0) is 13.1 Å². The molecule has 4 heteroatoms. The van der Waals surface area contributed by atoms with Gasteiger partial charge < -0.3 is 9.32 Å². The topological polar surface area (TPSA) is 36.7 Å². The highest BCUT2D eigenvalue weighted by Gasteiger charge is 2.18. The molecule has 4 nitrogen and oxygen atoms in total. The molecule has 0 N–H and O–H groups in total. The predicted octanol–water partition coefficient (Wildman–Crippen LogP) is 4.81. The number of amides is 1. The largest absolute Gasteiger partial charge is 0.455 e. The van der Waals surface area contributed by atoms with Crippen LogP contribution < -0.4 is 0 Å². The maximum absolute atomic E-state index is 12.7. The second-order valence-electron chi connectivity index (χ2n) is 7.47. The lowest BCUT2D eigenvalue weighted by molar-refractivity contribution is 0.0750. The van der Waals surface area contributed by atoms with Crippen LogP contribution in [0.1, 0.15) is 34.7 Å². The lowest BCUT2D eigenvalue weighted by Crippen LogP contribution is -2.25. The maximum Gasteiger partial charge on any atom is 0.289 e. The van der Waals surface area contributed by atoms with Crippen molar-refractivity contribution in [2.24, 2.45) is 0 Å². The summed E-state index contributed by atoms with van der Waals surface area (Å²) in [5.41, 5.74) is 3.47. The molecule has 4 rings (SSSR count). The minimum atomic E-state index is -0.0835. The van der Waals surface area contributed by atoms with Crippen LogP contribution in [0.3, 0.4) is 0 Å². The quantitative estimate of drug-likeness (QED) is 0.621. The van der Waals surface area contributed by atoms with E-state index in [-0.39, 0.29) is 5.91 Å². The van der Waals surface area contributed by atoms with Crippen molar-refractivity contribution in [3.63, 3.8) is 0 Å². The Kier molecular flexibility index (Phi) is 5.58. The van der Waals surface area contributed by atoms with Gasteiger partial charge in [-0.15, -0.1) is 0 Å². The van der Waals surface area contributed by atoms with Crippen molar-refractivity contribution < 1.29 is 9.21 Å². The molecular weight excluding hydrogens is 348 g/mol. The Balaban J connectivity index is 1.37. The van der Waals surface area contributed by atoms with Gasteiger partial charge in [-0.25, -0.2) is 0 Å². The standard InChI is InChI=1S/C24H26N2O2/c1-25(17-19-9-11-21(12-10-19)20-7-3-2-4-8-20)24(27)23-14-13-22(28-23)18-26-15-5-6-16-26/h2-4,7-14H,5-6,15-18H2,1H3. The average Bonchev–Trinajstić information content (AvgIpc) is 3.41. The highest BCUT2D eigenvalue weighted by Crippen LogP contribution is 2.20. The van der Waals surface area contributed by atoms with Gasteiger partial charge >= 0.3 is 0 Å². The number of rotatable bonds is 6. The molecule has 0 spiro atoms. The third kappa shape index (κ3) is 4.34. The minimum absolute atomic E-state index is 0.0835. The summed E-state index contributed by atoms with van der Waals surface area (Å²) in [6.45, 7) is 3.57. The summed E-state index contributed by atoms with van der Waals surface area (Å²) in [6, 6.07) is 22.4. The smallest absolute Gasteiger partial charge is 0.289 e. The Morgan fingerprint density at radius 2 is 1.61 bits per heavy atom. The minimum Gasteiger partial charge on any atom is -0.455 e. The second kappa shape index (κ2) is 8.44. The SMILES string of the molecule is CN(Cc1ccc(-c2ccccc2)cc1)C(=O)c1ccc(CN2CCCC2)o1. The normalized spacial score (nSPS) is 14.3. The Morgan fingerprint density at radius 1 is 0.929 bits per heavy atom. The first-order valence-corrected chi connectivity index (χ1v) is 9.90. The van der Waals surface area contributed by atoms with Crippen molar-refractivity contribution >= 4 is 5.91 Å². The van der Waals surface area contributed by atoms with E-state index in [2.05, 4.69) is 41.3 Å². The van der Waals surface area contributed by atoms with Gasteiger partial charge in [0.25, 0.3) is 5.91 Å². The summed E-state index contributed by atoms with van der Waals surface area (Å²) < 4.78 is 5.81. The van der Waals surface area contributed by atoms with E-state index in [1.807, 2.05) is 31.3 Å². The molecule has 0 aliphatic carbocycles. The number of carbonyl (C=O) groups excluding carboxylic acids is 1. The van der Waals surface area contributed by atoms with Gasteiger partial charge in [-0.3, -0.25) is 9.69 Å². The number of furan rings is 1. The predicted molar refractivity (Wildman–Crippen MR) is 111 cm³/mol. The number of hydrogen-bond acceptors (Lipinski definition) is 3. The summed E-state index contributed by atoms with van der Waals surface area (Å²) in [7, 11) is 1.82. The van der Waals surface area contributed by atoms with Crippen molar-refractivity contribution in [1.82, 2.24) is 9.80 Å². The van der Waals surface area contributed by atoms with E-state index in [0.29, 0.717) is 12.3 Å². The zero-order chi connectivity index (χ0) is 19.3. The van der Waals surface area contributed by atoms with Gasteiger partial charge in [0.1, 0.15) is 5.76 Å². The lowest BCUT2D eigenvalue weighted by atomic mass is 10.0. The lowest BCUT2D eigenvalue weighted by Gasteiger charge is -2.16. The fourth-order valence-electron chi connectivity index (χ4n) is 3.71. The molecule has 0 saturated carbocycles. The summed E-state index contributed by atoms with van der Waals surface area (Å²) in [4.78, 5) is 16.8. The van der Waals surface area contributed by atoms with E-state index >= 15 is 0 Å². The highest BCUT2D eigenvalue weighted by atomic mass is 16.4. The van der Waals surface area contributed by atoms with Gasteiger partial charge in [-0.05, 0) is 54.8 Å². The molecule has 0 atom stereocenters. The van der Waals surface area contributed by atoms with Crippen molar-refractivity contribution in [1.29, 1.82) is 0 Å². The van der Waals surface area contributed by atoms with E-state index in [0.717, 1.165) is 31.0 Å². The third-order valence-electron chi connectivity index (χ3n) is 5.28. The molecule has 2 heterocycles. The number of carbonyl (C=O) groups is 1. The highest BCUT2D eigenvalue weighted by molar-refractivity contribution is 5.91. The van der Waals surface area contributed by atoms with E-state index in [9.17, 15) is 4.79 Å². The molecule has 0 bridgehead atoms. The molecule has 0 unspecified atom stereocenters. The molecule has 0 radical (unpaired) electrons. The maximum atomic E-state index is 12.7. The van der Waals surface area contributed by atoms with E-state index in [1.165, 1.54) is 24.0 Å². The van der Waals surface area contributed by atoms with Crippen LogP contribution in [0, 0.1) is 0 Å². The van der Waals surface area contributed by atoms with Crippen LogP contribution in [0.4, 0.5) is 0 Å². The van der Waals surface area contributed by atoms with E-state index in [4.69, 9.17) is 4.42 Å². The number of hydrogen-bond donors (Lipinski definition) is 0. The van der Waals surface area contributed by atoms with Crippen LogP contribution in [0.5, 0.6) is 0 Å². The van der Waals surface area contributed by atoms with Crippen LogP contribution >= 0.6 is 0 Å². The average molecular weight is 374 g/mol. The third-order valence-corrected chi connectivity index (χ3v) is 5.28. The van der Waals surface area contributed by atoms with E-state index < -0.39 is 0 Å². The Labute approximate surface area is 166 Å². The van der Waals surface area contributed by atoms with Crippen molar-refractivity contribution in [2.75, 3.05) is 20.1 Å². The Bertz CT molecular complexity index is 909. The van der Waals surface area contributed by atoms with Gasteiger partial charge in [-0.2, -0.15) is 0 Å². The molecule has 144 valence electrons. The van der Waals surface area contributed by atoms with Crippen LogP contribution in [0.15, 0.2) is 71.1 Å². The zero-order valence-electron chi connectivity index (χ0n) is 16.3. The monoisotopic (exact) mass is 374 g/mol. The fourth-order valence-corrected chi connectivity index (χ4v) is 3.71. The zero-order valence-corrected chi connectivity index (χ0v) is 16.3. The fraction of sp³-hybridized carbons (Fsp3) is 0.292. The molecule has 1 amide bonds. The van der Waals surface area contributed by atoms with Gasteiger partial charge in [-0.1, -0.05) is 54.6 Å². The molecule has 1 aliphatic rings. The molecule has 2 aromatic carbocycles. The van der Waals surface area contributed by atoms with Crippen LogP contribution in [0.25, 0.3) is 11.1 Å². The first kappa shape index (κ1) is 18.5. The Morgan fingerprint density at radius 3 is 2.32 bits per heavy atom. The molecular formula is C24H26N2O2. The second-order valence-corrected chi connectivity index (χ2v) is 7.47. The molecule has 1 fully saturated rings. The van der Waals surface area contributed by atoms with Gasteiger partial charge in [0, 0.05) is 13.6 Å². The number of nitrogens with zero attached hydrogens (tertiary/aromatic N) is 2. The number of likely N-dealkylation sites (tertiary alicyclic amines) is 1. The molecule has 1 aliphatic heterocycles. The Hall–Kier alpha value is -2.85. The van der Waals surface area contributed by atoms with Gasteiger partial charge in [0.05, 0.1) is 6.54 Å². The van der Waals surface area contributed by atoms with Crippen molar-refractivity contribution in [3.8, 4) is 11.1 Å². The molecule has 3 aromatic rings. The summed E-state index contributed by atoms with van der Waals surface area (Å²) in [6.07, 6.45) is 2.50. The van der Waals surface area contributed by atoms with Crippen LogP contribution in [0.2, 0.25) is 0 Å².